The first kappa shape index (κ1) is 17.2. The van der Waals surface area contributed by atoms with Gasteiger partial charge in [0, 0.05) is 7.05 Å². The van der Waals surface area contributed by atoms with E-state index in [4.69, 9.17) is 9.84 Å². The van der Waals surface area contributed by atoms with Crippen LogP contribution in [0.1, 0.15) is 12.8 Å². The third-order valence-electron chi connectivity index (χ3n) is 2.81. The molecule has 7 nitrogen and oxygen atoms in total. The van der Waals surface area contributed by atoms with Crippen molar-refractivity contribution in [3.05, 3.63) is 0 Å². The molecule has 0 radical (unpaired) electrons. The molecule has 1 aliphatic rings. The average Bonchev–Trinajstić information content (AvgIpc) is 2.84. The number of hydrogen-bond acceptors (Lipinski definition) is 4. The van der Waals surface area contributed by atoms with Crippen LogP contribution in [0.25, 0.3) is 0 Å². The zero-order chi connectivity index (χ0) is 16.2. The summed E-state index contributed by atoms with van der Waals surface area (Å²) in [5, 5.41) is 10.4. The van der Waals surface area contributed by atoms with Gasteiger partial charge in [-0.2, -0.15) is 13.2 Å². The van der Waals surface area contributed by atoms with E-state index in [2.05, 4.69) is 0 Å². The van der Waals surface area contributed by atoms with Crippen molar-refractivity contribution >= 4 is 17.8 Å². The van der Waals surface area contributed by atoms with Crippen LogP contribution in [0.4, 0.5) is 13.2 Å². The predicted molar refractivity (Wildman–Crippen MR) is 62.2 cm³/mol. The zero-order valence-electron chi connectivity index (χ0n) is 11.1. The van der Waals surface area contributed by atoms with Crippen LogP contribution in [0.2, 0.25) is 0 Å². The minimum absolute atomic E-state index is 0.167. The number of halogens is 3. The Bertz CT molecular complexity index is 427. The molecule has 0 aromatic rings. The highest BCUT2D eigenvalue weighted by molar-refractivity contribution is 5.87. The molecular formula is C11H15F3N2O5. The molecule has 10 heteroatoms. The standard InChI is InChI=1S/C11H15F3N2O5/c1-16(4-8(17)15-5-11(12,13)14)9(18)6-2-3-7(21-6)10(19)20/h6-7H,2-5H2,1H3,(H,15,17)(H,19,20). The first-order chi connectivity index (χ1) is 9.60. The van der Waals surface area contributed by atoms with E-state index in [1.807, 2.05) is 0 Å². The fourth-order valence-corrected chi connectivity index (χ4v) is 1.79. The van der Waals surface area contributed by atoms with E-state index in [-0.39, 0.29) is 12.8 Å². The maximum Gasteiger partial charge on any atom is 0.405 e. The summed E-state index contributed by atoms with van der Waals surface area (Å²) in [5.41, 5.74) is 0. The number of amides is 2. The van der Waals surface area contributed by atoms with Crippen molar-refractivity contribution in [3.8, 4) is 0 Å². The fraction of sp³-hybridized carbons (Fsp3) is 0.727. The van der Waals surface area contributed by atoms with Gasteiger partial charge in [0.2, 0.25) is 5.91 Å². The smallest absolute Gasteiger partial charge is 0.405 e. The first-order valence-corrected chi connectivity index (χ1v) is 6.07. The molecule has 2 atom stereocenters. The SMILES string of the molecule is CN(CC(=O)NCC(F)(F)F)C(=O)C1CCC(C(=O)O)O1. The molecule has 1 heterocycles. The van der Waals surface area contributed by atoms with E-state index in [0.29, 0.717) is 0 Å². The summed E-state index contributed by atoms with van der Waals surface area (Å²) < 4.78 is 40.7. The second-order valence-electron chi connectivity index (χ2n) is 4.62. The molecule has 120 valence electrons. The number of aliphatic carboxylic acids is 1. The molecule has 2 N–H and O–H groups in total. The number of nitrogens with zero attached hydrogens (tertiary/aromatic N) is 1. The van der Waals surface area contributed by atoms with Crippen LogP contribution in [0, 0.1) is 0 Å². The molecule has 0 aromatic heterocycles. The van der Waals surface area contributed by atoms with Gasteiger partial charge in [0.25, 0.3) is 5.91 Å². The molecule has 0 aliphatic carbocycles. The Hall–Kier alpha value is -1.84. The van der Waals surface area contributed by atoms with Crippen LogP contribution < -0.4 is 5.32 Å². The van der Waals surface area contributed by atoms with Gasteiger partial charge in [0.1, 0.15) is 12.6 Å². The predicted octanol–water partition coefficient (Wildman–Crippen LogP) is -0.245. The van der Waals surface area contributed by atoms with Gasteiger partial charge in [-0.05, 0) is 12.8 Å². The Kier molecular flexibility index (Phi) is 5.53. The van der Waals surface area contributed by atoms with E-state index in [1.165, 1.54) is 7.05 Å². The van der Waals surface area contributed by atoms with E-state index in [1.54, 1.807) is 5.32 Å². The molecular weight excluding hydrogens is 297 g/mol. The molecule has 2 unspecified atom stereocenters. The monoisotopic (exact) mass is 312 g/mol. The molecule has 21 heavy (non-hydrogen) atoms. The summed E-state index contributed by atoms with van der Waals surface area (Å²) in [7, 11) is 1.23. The van der Waals surface area contributed by atoms with Gasteiger partial charge in [-0.25, -0.2) is 4.79 Å². The summed E-state index contributed by atoms with van der Waals surface area (Å²) in [4.78, 5) is 34.7. The van der Waals surface area contributed by atoms with Crippen molar-refractivity contribution in [3.63, 3.8) is 0 Å². The quantitative estimate of drug-likeness (QED) is 0.730. The number of alkyl halides is 3. The molecule has 1 rings (SSSR count). The molecule has 1 fully saturated rings. The number of nitrogens with one attached hydrogen (secondary N) is 1. The normalized spacial score (nSPS) is 21.9. The summed E-state index contributed by atoms with van der Waals surface area (Å²) in [6, 6.07) is 0. The topological polar surface area (TPSA) is 95.9 Å². The van der Waals surface area contributed by atoms with Crippen molar-refractivity contribution in [1.29, 1.82) is 0 Å². The number of carbonyl (C=O) groups is 3. The van der Waals surface area contributed by atoms with Gasteiger partial charge >= 0.3 is 12.1 Å². The number of rotatable bonds is 5. The fourth-order valence-electron chi connectivity index (χ4n) is 1.79. The van der Waals surface area contributed by atoms with Gasteiger partial charge in [0.15, 0.2) is 6.10 Å². The van der Waals surface area contributed by atoms with Crippen LogP contribution >= 0.6 is 0 Å². The number of carbonyl (C=O) groups excluding carboxylic acids is 2. The van der Waals surface area contributed by atoms with E-state index >= 15 is 0 Å². The zero-order valence-corrected chi connectivity index (χ0v) is 11.1. The summed E-state index contributed by atoms with van der Waals surface area (Å²) >= 11 is 0. The minimum atomic E-state index is -4.53. The van der Waals surface area contributed by atoms with Crippen molar-refractivity contribution in [2.75, 3.05) is 20.1 Å². The number of ether oxygens (including phenoxy) is 1. The third-order valence-corrected chi connectivity index (χ3v) is 2.81. The van der Waals surface area contributed by atoms with E-state index < -0.39 is 49.3 Å². The second-order valence-corrected chi connectivity index (χ2v) is 4.62. The van der Waals surface area contributed by atoms with Crippen LogP contribution in [-0.2, 0) is 19.1 Å². The van der Waals surface area contributed by atoms with E-state index in [0.717, 1.165) is 4.90 Å². The van der Waals surface area contributed by atoms with Crippen molar-refractivity contribution in [2.45, 2.75) is 31.2 Å². The van der Waals surface area contributed by atoms with Crippen molar-refractivity contribution in [2.24, 2.45) is 0 Å². The highest BCUT2D eigenvalue weighted by atomic mass is 19.4. The minimum Gasteiger partial charge on any atom is -0.479 e. The van der Waals surface area contributed by atoms with Gasteiger partial charge in [-0.1, -0.05) is 0 Å². The Morgan fingerprint density at radius 3 is 2.33 bits per heavy atom. The molecule has 2 amide bonds. The highest BCUT2D eigenvalue weighted by Crippen LogP contribution is 2.21. The highest BCUT2D eigenvalue weighted by Gasteiger charge is 2.36. The van der Waals surface area contributed by atoms with E-state index in [9.17, 15) is 27.6 Å². The third kappa shape index (κ3) is 5.58. The maximum atomic E-state index is 11.9. The lowest BCUT2D eigenvalue weighted by Gasteiger charge is -2.20. The van der Waals surface area contributed by atoms with Gasteiger partial charge in [-0.3, -0.25) is 9.59 Å². The lowest BCUT2D eigenvalue weighted by Crippen LogP contribution is -2.44. The van der Waals surface area contributed by atoms with Crippen LogP contribution in [0.15, 0.2) is 0 Å². The van der Waals surface area contributed by atoms with Gasteiger partial charge in [-0.15, -0.1) is 0 Å². The molecule has 0 spiro atoms. The Labute approximate surface area is 118 Å². The summed E-state index contributed by atoms with van der Waals surface area (Å²) in [6.07, 6.45) is -6.25. The summed E-state index contributed by atoms with van der Waals surface area (Å²) in [6.45, 7) is -2.04. The number of likely N-dealkylation sites (N-methyl/N-ethyl adjacent to an activating group) is 1. The van der Waals surface area contributed by atoms with Crippen molar-refractivity contribution < 1.29 is 37.4 Å². The number of carboxylic acids is 1. The summed E-state index contributed by atoms with van der Waals surface area (Å²) in [5.74, 6) is -2.78. The lowest BCUT2D eigenvalue weighted by atomic mass is 10.2. The number of hydrogen-bond donors (Lipinski definition) is 2. The molecule has 0 aromatic carbocycles. The Balaban J connectivity index is 2.41. The Morgan fingerprint density at radius 1 is 1.29 bits per heavy atom. The van der Waals surface area contributed by atoms with Crippen molar-refractivity contribution in [1.82, 2.24) is 10.2 Å². The van der Waals surface area contributed by atoms with Crippen LogP contribution in [0.3, 0.4) is 0 Å². The van der Waals surface area contributed by atoms with Crippen LogP contribution in [0.5, 0.6) is 0 Å². The number of carboxylic acid groups (broad SMARTS) is 1. The largest absolute Gasteiger partial charge is 0.479 e. The lowest BCUT2D eigenvalue weighted by molar-refractivity contribution is -0.155. The van der Waals surface area contributed by atoms with Gasteiger partial charge in [0.05, 0.1) is 6.54 Å². The Morgan fingerprint density at radius 2 is 1.86 bits per heavy atom. The maximum absolute atomic E-state index is 11.9. The second kappa shape index (κ2) is 6.74. The van der Waals surface area contributed by atoms with Crippen LogP contribution in [-0.4, -0.2) is 66.3 Å². The first-order valence-electron chi connectivity index (χ1n) is 6.07. The molecule has 0 bridgehead atoms. The molecule has 1 saturated heterocycles. The van der Waals surface area contributed by atoms with Gasteiger partial charge < -0.3 is 20.1 Å². The average molecular weight is 312 g/mol. The molecule has 0 saturated carbocycles. The molecule has 1 aliphatic heterocycles.